The molecule has 0 saturated carbocycles. The van der Waals surface area contributed by atoms with Gasteiger partial charge in [-0.1, -0.05) is 6.08 Å². The van der Waals surface area contributed by atoms with Crippen LogP contribution in [0.15, 0.2) is 24.3 Å². The van der Waals surface area contributed by atoms with Crippen molar-refractivity contribution in [1.29, 1.82) is 0 Å². The molecular weight excluding hydrogens is 237 g/mol. The molecule has 1 aromatic rings. The molecule has 2 nitrogen and oxygen atoms in total. The fourth-order valence-electron chi connectivity index (χ4n) is 2.22. The van der Waals surface area contributed by atoms with Crippen LogP contribution in [0.2, 0.25) is 0 Å². The summed E-state index contributed by atoms with van der Waals surface area (Å²) in [4.78, 5) is 0. The van der Waals surface area contributed by atoms with Crippen molar-refractivity contribution in [2.45, 2.75) is 33.2 Å². The van der Waals surface area contributed by atoms with E-state index in [0.717, 1.165) is 5.75 Å². The van der Waals surface area contributed by atoms with Gasteiger partial charge in [0.25, 0.3) is 0 Å². The number of rotatable bonds is 2. The summed E-state index contributed by atoms with van der Waals surface area (Å²) in [6, 6.07) is 6.22. The Bertz CT molecular complexity index is 438. The van der Waals surface area contributed by atoms with Crippen molar-refractivity contribution in [3.05, 3.63) is 29.8 Å². The molecule has 0 saturated heterocycles. The van der Waals surface area contributed by atoms with Gasteiger partial charge in [-0.05, 0) is 51.5 Å². The molecule has 1 heterocycles. The third kappa shape index (κ3) is 3.58. The second-order valence-electron chi connectivity index (χ2n) is 4.81. The van der Waals surface area contributed by atoms with Crippen molar-refractivity contribution in [3.8, 4) is 5.75 Å². The van der Waals surface area contributed by atoms with Crippen molar-refractivity contribution in [3.63, 3.8) is 0 Å². The van der Waals surface area contributed by atoms with E-state index in [1.807, 2.05) is 13.0 Å². The molecule has 0 fully saturated rings. The number of ether oxygens (including phenoxy) is 1. The first-order valence-electron chi connectivity index (χ1n) is 5.77. The molecule has 0 spiro atoms. The molecule has 1 N–H and O–H groups in total. The number of benzene rings is 1. The van der Waals surface area contributed by atoms with Crippen molar-refractivity contribution in [1.82, 2.24) is 0 Å². The van der Waals surface area contributed by atoms with Gasteiger partial charge >= 0.3 is 51.4 Å². The number of fused-ring (bicyclic) bond motifs is 1. The first kappa shape index (κ1) is 15.3. The molecule has 0 bridgehead atoms. The van der Waals surface area contributed by atoms with Gasteiger partial charge in [-0.25, -0.2) is 0 Å². The molecular formula is C14H20KNO. The molecule has 1 aromatic carbocycles. The van der Waals surface area contributed by atoms with Crippen LogP contribution in [0.3, 0.4) is 0 Å². The Kier molecular flexibility index (Phi) is 5.29. The predicted octanol–water partition coefficient (Wildman–Crippen LogP) is 3.04. The zero-order valence-electron chi connectivity index (χ0n) is 10.4. The van der Waals surface area contributed by atoms with Gasteiger partial charge in [0.15, 0.2) is 0 Å². The fourth-order valence-corrected chi connectivity index (χ4v) is 2.22. The van der Waals surface area contributed by atoms with E-state index in [1.54, 1.807) is 0 Å². The molecule has 0 atom stereocenters. The monoisotopic (exact) mass is 257 g/mol. The summed E-state index contributed by atoms with van der Waals surface area (Å²) < 4.78 is 5.52. The van der Waals surface area contributed by atoms with E-state index in [2.05, 4.69) is 44.3 Å². The maximum atomic E-state index is 5.52. The van der Waals surface area contributed by atoms with Crippen LogP contribution in [-0.2, 0) is 0 Å². The van der Waals surface area contributed by atoms with Gasteiger partial charge in [0.1, 0.15) is 5.75 Å². The SMILES string of the molecule is CCOc1ccc2c(c1)C(C)=CC(C)(C)N2.[KH]. The first-order valence-corrected chi connectivity index (χ1v) is 5.77. The Labute approximate surface area is 146 Å². The topological polar surface area (TPSA) is 21.3 Å². The van der Waals surface area contributed by atoms with Crippen LogP contribution in [0.5, 0.6) is 5.75 Å². The summed E-state index contributed by atoms with van der Waals surface area (Å²) in [6.45, 7) is 9.22. The van der Waals surface area contributed by atoms with Gasteiger partial charge < -0.3 is 10.1 Å². The van der Waals surface area contributed by atoms with Crippen LogP contribution < -0.4 is 10.1 Å². The summed E-state index contributed by atoms with van der Waals surface area (Å²) in [5, 5.41) is 3.50. The van der Waals surface area contributed by atoms with Gasteiger partial charge in [-0.3, -0.25) is 0 Å². The first-order chi connectivity index (χ1) is 7.52. The normalized spacial score (nSPS) is 16.1. The van der Waals surface area contributed by atoms with Crippen molar-refractivity contribution in [2.75, 3.05) is 11.9 Å². The second-order valence-corrected chi connectivity index (χ2v) is 4.81. The van der Waals surface area contributed by atoms with E-state index in [4.69, 9.17) is 4.74 Å². The molecule has 1 aliphatic rings. The van der Waals surface area contributed by atoms with E-state index in [9.17, 15) is 0 Å². The quantitative estimate of drug-likeness (QED) is 0.822. The van der Waals surface area contributed by atoms with Crippen LogP contribution in [-0.4, -0.2) is 63.5 Å². The Hall–Kier alpha value is 0.196. The fraction of sp³-hybridized carbons (Fsp3) is 0.429. The van der Waals surface area contributed by atoms with Crippen molar-refractivity contribution < 1.29 is 4.74 Å². The minimum absolute atomic E-state index is 0. The Morgan fingerprint density at radius 3 is 2.65 bits per heavy atom. The zero-order valence-corrected chi connectivity index (χ0v) is 10.4. The summed E-state index contributed by atoms with van der Waals surface area (Å²) in [6.07, 6.45) is 2.26. The molecule has 0 radical (unpaired) electrons. The molecule has 0 aromatic heterocycles. The standard InChI is InChI=1S/C14H19NO.K.H/c1-5-16-11-6-7-13-12(8-11)10(2)9-14(3,4)15-13;;/h6-9,15H,5H2,1-4H3;;. The molecule has 2 rings (SSSR count). The van der Waals surface area contributed by atoms with Crippen LogP contribution in [0.25, 0.3) is 5.57 Å². The van der Waals surface area contributed by atoms with Crippen LogP contribution in [0, 0.1) is 0 Å². The van der Waals surface area contributed by atoms with Gasteiger partial charge in [0.2, 0.25) is 0 Å². The number of nitrogens with one attached hydrogen (secondary N) is 1. The van der Waals surface area contributed by atoms with Gasteiger partial charge in [0, 0.05) is 11.3 Å². The average Bonchev–Trinajstić information content (AvgIpc) is 2.18. The summed E-state index contributed by atoms with van der Waals surface area (Å²) in [5.41, 5.74) is 3.77. The van der Waals surface area contributed by atoms with Crippen LogP contribution in [0.4, 0.5) is 5.69 Å². The van der Waals surface area contributed by atoms with Gasteiger partial charge in [-0.15, -0.1) is 0 Å². The molecule has 0 unspecified atom stereocenters. The molecule has 0 amide bonds. The molecule has 0 aliphatic carbocycles. The maximum absolute atomic E-state index is 5.52. The van der Waals surface area contributed by atoms with Crippen molar-refractivity contribution >= 4 is 62.6 Å². The third-order valence-corrected chi connectivity index (χ3v) is 2.76. The molecule has 3 heteroatoms. The molecule has 88 valence electrons. The Balaban J connectivity index is 0.00000144. The van der Waals surface area contributed by atoms with E-state index in [1.165, 1.54) is 16.8 Å². The van der Waals surface area contributed by atoms with E-state index in [0.29, 0.717) is 6.61 Å². The molecule has 1 aliphatic heterocycles. The zero-order chi connectivity index (χ0) is 11.8. The molecule has 17 heavy (non-hydrogen) atoms. The average molecular weight is 257 g/mol. The van der Waals surface area contributed by atoms with Gasteiger partial charge in [-0.2, -0.15) is 0 Å². The summed E-state index contributed by atoms with van der Waals surface area (Å²) >= 11 is 0. The van der Waals surface area contributed by atoms with E-state index < -0.39 is 0 Å². The Morgan fingerprint density at radius 1 is 1.29 bits per heavy atom. The number of anilines is 1. The second kappa shape index (κ2) is 5.89. The number of allylic oxidation sites excluding steroid dienone is 1. The summed E-state index contributed by atoms with van der Waals surface area (Å²) in [5.74, 6) is 0.940. The minimum atomic E-state index is 0. The third-order valence-electron chi connectivity index (χ3n) is 2.76. The van der Waals surface area contributed by atoms with Crippen LogP contribution >= 0.6 is 0 Å². The summed E-state index contributed by atoms with van der Waals surface area (Å²) in [7, 11) is 0. The van der Waals surface area contributed by atoms with E-state index >= 15 is 0 Å². The van der Waals surface area contributed by atoms with Crippen LogP contribution in [0.1, 0.15) is 33.3 Å². The number of hydrogen-bond donors (Lipinski definition) is 1. The van der Waals surface area contributed by atoms with Gasteiger partial charge in [0.05, 0.1) is 12.1 Å². The predicted molar refractivity (Wildman–Crippen MR) is 76.1 cm³/mol. The van der Waals surface area contributed by atoms with E-state index in [-0.39, 0.29) is 56.9 Å². The Morgan fingerprint density at radius 2 is 2.00 bits per heavy atom. The number of hydrogen-bond acceptors (Lipinski definition) is 2. The van der Waals surface area contributed by atoms with Crippen molar-refractivity contribution in [2.24, 2.45) is 0 Å².